The largest absolute Gasteiger partial charge is 0.354 e. The first-order chi connectivity index (χ1) is 9.74. The van der Waals surface area contributed by atoms with Crippen molar-refractivity contribution in [2.45, 2.75) is 12.5 Å². The molecule has 9 heteroatoms. The van der Waals surface area contributed by atoms with Crippen molar-refractivity contribution < 1.29 is 22.4 Å². The molecule has 0 radical (unpaired) electrons. The molecule has 1 aliphatic heterocycles. The summed E-state index contributed by atoms with van der Waals surface area (Å²) in [6.45, 7) is 0.286. The number of anilines is 1. The van der Waals surface area contributed by atoms with Gasteiger partial charge in [-0.15, -0.1) is 0 Å². The molecule has 1 atom stereocenters. The Bertz CT molecular complexity index is 690. The lowest BCUT2D eigenvalue weighted by Gasteiger charge is -2.14. The topological polar surface area (TPSA) is 104 Å². The van der Waals surface area contributed by atoms with Crippen LogP contribution < -0.4 is 15.4 Å². The van der Waals surface area contributed by atoms with Gasteiger partial charge in [0.05, 0.1) is 23.5 Å². The third-order valence-corrected chi connectivity index (χ3v) is 3.42. The van der Waals surface area contributed by atoms with Crippen LogP contribution >= 0.6 is 0 Å². The van der Waals surface area contributed by atoms with Crippen LogP contribution in [-0.2, 0) is 14.8 Å². The van der Waals surface area contributed by atoms with Gasteiger partial charge < -0.3 is 10.6 Å². The van der Waals surface area contributed by atoms with Gasteiger partial charge in [-0.1, -0.05) is 0 Å². The van der Waals surface area contributed by atoms with E-state index in [9.17, 15) is 22.4 Å². The number of nitrogens with one attached hydrogen (secondary N) is 3. The molecule has 2 rings (SSSR count). The Balaban J connectivity index is 2.22. The molecule has 1 heterocycles. The monoisotopic (exact) mass is 315 g/mol. The van der Waals surface area contributed by atoms with Crippen molar-refractivity contribution in [1.29, 1.82) is 0 Å². The number of carbonyl (C=O) groups is 2. The standard InChI is InChI=1S/C12H14FN3O4S/c1-21(19,20)16-10-3-2-7(13)4-9(10)12(18)15-8-5-11(17)14-6-8/h2-4,8,16H,5-6H2,1H3,(H,14,17)(H,15,18). The highest BCUT2D eigenvalue weighted by Gasteiger charge is 2.24. The molecule has 0 spiro atoms. The predicted molar refractivity (Wildman–Crippen MR) is 73.7 cm³/mol. The molecule has 3 N–H and O–H groups in total. The van der Waals surface area contributed by atoms with Crippen molar-refractivity contribution in [2.75, 3.05) is 17.5 Å². The van der Waals surface area contributed by atoms with Gasteiger partial charge in [0.1, 0.15) is 5.82 Å². The maximum Gasteiger partial charge on any atom is 0.253 e. The molecule has 1 saturated heterocycles. The Morgan fingerprint density at radius 2 is 2.14 bits per heavy atom. The molecule has 1 unspecified atom stereocenters. The zero-order valence-corrected chi connectivity index (χ0v) is 12.0. The summed E-state index contributed by atoms with van der Waals surface area (Å²) in [4.78, 5) is 23.2. The minimum Gasteiger partial charge on any atom is -0.354 e. The first kappa shape index (κ1) is 15.2. The predicted octanol–water partition coefficient (Wildman–Crippen LogP) is -0.185. The number of halogens is 1. The molecular weight excluding hydrogens is 301 g/mol. The van der Waals surface area contributed by atoms with Crippen molar-refractivity contribution >= 4 is 27.5 Å². The normalized spacial score (nSPS) is 18.2. The third-order valence-electron chi connectivity index (χ3n) is 2.83. The molecule has 1 aromatic rings. The maximum absolute atomic E-state index is 13.3. The number of rotatable bonds is 4. The Labute approximate surface area is 121 Å². The van der Waals surface area contributed by atoms with Gasteiger partial charge in [-0.25, -0.2) is 12.8 Å². The van der Waals surface area contributed by atoms with E-state index >= 15 is 0 Å². The lowest BCUT2D eigenvalue weighted by molar-refractivity contribution is -0.119. The lowest BCUT2D eigenvalue weighted by Crippen LogP contribution is -2.36. The van der Waals surface area contributed by atoms with Crippen molar-refractivity contribution in [2.24, 2.45) is 0 Å². The Hall–Kier alpha value is -2.16. The quantitative estimate of drug-likeness (QED) is 0.716. The second kappa shape index (κ2) is 5.68. The number of benzene rings is 1. The molecule has 1 fully saturated rings. The highest BCUT2D eigenvalue weighted by atomic mass is 32.2. The molecular formula is C12H14FN3O4S. The average molecular weight is 315 g/mol. The smallest absolute Gasteiger partial charge is 0.253 e. The van der Waals surface area contributed by atoms with Gasteiger partial charge in [0, 0.05) is 13.0 Å². The summed E-state index contributed by atoms with van der Waals surface area (Å²) in [5, 5.41) is 5.11. The fourth-order valence-corrected chi connectivity index (χ4v) is 2.54. The van der Waals surface area contributed by atoms with E-state index in [2.05, 4.69) is 15.4 Å². The second-order valence-corrected chi connectivity index (χ2v) is 6.49. The van der Waals surface area contributed by atoms with Crippen LogP contribution in [-0.4, -0.2) is 39.1 Å². The minimum absolute atomic E-state index is 0.0197. The summed E-state index contributed by atoms with van der Waals surface area (Å²) in [5.74, 6) is -1.50. The van der Waals surface area contributed by atoms with Gasteiger partial charge in [0.25, 0.3) is 5.91 Å². The summed E-state index contributed by atoms with van der Waals surface area (Å²) in [7, 11) is -3.60. The highest BCUT2D eigenvalue weighted by molar-refractivity contribution is 7.92. The van der Waals surface area contributed by atoms with Crippen LogP contribution in [0.2, 0.25) is 0 Å². The van der Waals surface area contributed by atoms with Crippen LogP contribution in [0.5, 0.6) is 0 Å². The summed E-state index contributed by atoms with van der Waals surface area (Å²) in [5.41, 5.74) is -0.159. The zero-order valence-electron chi connectivity index (χ0n) is 11.1. The van der Waals surface area contributed by atoms with Crippen LogP contribution in [0, 0.1) is 5.82 Å². The van der Waals surface area contributed by atoms with Crippen LogP contribution in [0.15, 0.2) is 18.2 Å². The van der Waals surface area contributed by atoms with E-state index in [1.807, 2.05) is 0 Å². The van der Waals surface area contributed by atoms with Gasteiger partial charge in [-0.2, -0.15) is 0 Å². The maximum atomic E-state index is 13.3. The molecule has 1 aliphatic rings. The zero-order chi connectivity index (χ0) is 15.6. The Kier molecular flexibility index (Phi) is 4.12. The Morgan fingerprint density at radius 1 is 1.43 bits per heavy atom. The van der Waals surface area contributed by atoms with Crippen LogP contribution in [0.4, 0.5) is 10.1 Å². The van der Waals surface area contributed by atoms with E-state index in [4.69, 9.17) is 0 Å². The van der Waals surface area contributed by atoms with Crippen LogP contribution in [0.3, 0.4) is 0 Å². The number of carbonyl (C=O) groups excluding carboxylic acids is 2. The molecule has 7 nitrogen and oxygen atoms in total. The molecule has 21 heavy (non-hydrogen) atoms. The van der Waals surface area contributed by atoms with Crippen molar-refractivity contribution in [3.8, 4) is 0 Å². The second-order valence-electron chi connectivity index (χ2n) is 4.74. The van der Waals surface area contributed by atoms with Gasteiger partial charge >= 0.3 is 0 Å². The minimum atomic E-state index is -3.60. The fraction of sp³-hybridized carbons (Fsp3) is 0.333. The summed E-state index contributed by atoms with van der Waals surface area (Å²) >= 11 is 0. The molecule has 0 saturated carbocycles. The van der Waals surface area contributed by atoms with Crippen molar-refractivity contribution in [1.82, 2.24) is 10.6 Å². The molecule has 114 valence electrons. The Morgan fingerprint density at radius 3 is 2.71 bits per heavy atom. The van der Waals surface area contributed by atoms with E-state index in [0.29, 0.717) is 0 Å². The molecule has 0 aromatic heterocycles. The lowest BCUT2D eigenvalue weighted by atomic mass is 10.1. The van der Waals surface area contributed by atoms with Crippen molar-refractivity contribution in [3.05, 3.63) is 29.6 Å². The molecule has 1 aromatic carbocycles. The first-order valence-corrected chi connectivity index (χ1v) is 7.98. The SMILES string of the molecule is CS(=O)(=O)Nc1ccc(F)cc1C(=O)NC1CNC(=O)C1. The van der Waals surface area contributed by atoms with Crippen LogP contribution in [0.1, 0.15) is 16.8 Å². The summed E-state index contributed by atoms with van der Waals surface area (Å²) in [6, 6.07) is 2.75. The van der Waals surface area contributed by atoms with E-state index in [-0.39, 0.29) is 30.1 Å². The van der Waals surface area contributed by atoms with E-state index < -0.39 is 27.8 Å². The van der Waals surface area contributed by atoms with Crippen LogP contribution in [0.25, 0.3) is 0 Å². The van der Waals surface area contributed by atoms with E-state index in [0.717, 1.165) is 18.4 Å². The van der Waals surface area contributed by atoms with Gasteiger partial charge in [-0.05, 0) is 18.2 Å². The molecule has 0 bridgehead atoms. The number of hydrogen-bond donors (Lipinski definition) is 3. The van der Waals surface area contributed by atoms with E-state index in [1.54, 1.807) is 0 Å². The van der Waals surface area contributed by atoms with Crippen molar-refractivity contribution in [3.63, 3.8) is 0 Å². The molecule has 0 aliphatic carbocycles. The summed E-state index contributed by atoms with van der Waals surface area (Å²) < 4.78 is 38.0. The fourth-order valence-electron chi connectivity index (χ4n) is 1.96. The summed E-state index contributed by atoms with van der Waals surface area (Å²) in [6.07, 6.45) is 1.06. The van der Waals surface area contributed by atoms with E-state index in [1.165, 1.54) is 6.07 Å². The van der Waals surface area contributed by atoms with Gasteiger partial charge in [-0.3, -0.25) is 14.3 Å². The average Bonchev–Trinajstić information content (AvgIpc) is 2.75. The number of sulfonamides is 1. The van der Waals surface area contributed by atoms with Gasteiger partial charge in [0.15, 0.2) is 0 Å². The highest BCUT2D eigenvalue weighted by Crippen LogP contribution is 2.18. The first-order valence-electron chi connectivity index (χ1n) is 6.09. The number of amides is 2. The molecule has 2 amide bonds. The number of hydrogen-bond acceptors (Lipinski definition) is 4. The third kappa shape index (κ3) is 4.15. The van der Waals surface area contributed by atoms with Gasteiger partial charge in [0.2, 0.25) is 15.9 Å².